The Morgan fingerprint density at radius 2 is 1.79 bits per heavy atom. The molecule has 0 spiro atoms. The molecule has 0 saturated heterocycles. The van der Waals surface area contributed by atoms with Crippen LogP contribution in [0.15, 0.2) is 34.7 Å². The molecular weight excluding hydrogens is 236 g/mol. The Morgan fingerprint density at radius 3 is 2.53 bits per heavy atom. The number of aryl methyl sites for hydroxylation is 3. The van der Waals surface area contributed by atoms with Gasteiger partial charge in [0.25, 0.3) is 0 Å². The zero-order valence-electron chi connectivity index (χ0n) is 11.3. The van der Waals surface area contributed by atoms with E-state index in [4.69, 9.17) is 10.2 Å². The SMILES string of the molecule is Cc1ccc(-c2nc3cc(N)cc(C)c3o2)c(C)c1. The topological polar surface area (TPSA) is 52.0 Å². The summed E-state index contributed by atoms with van der Waals surface area (Å²) in [6.07, 6.45) is 0. The van der Waals surface area contributed by atoms with E-state index in [-0.39, 0.29) is 0 Å². The molecule has 19 heavy (non-hydrogen) atoms. The van der Waals surface area contributed by atoms with Crippen molar-refractivity contribution in [1.82, 2.24) is 4.98 Å². The monoisotopic (exact) mass is 252 g/mol. The third-order valence-corrected chi connectivity index (χ3v) is 3.31. The molecule has 0 saturated carbocycles. The molecule has 96 valence electrons. The Bertz CT molecular complexity index is 772. The van der Waals surface area contributed by atoms with Gasteiger partial charge in [-0.15, -0.1) is 0 Å². The number of nitrogen functional groups attached to an aromatic ring is 1. The molecule has 3 rings (SSSR count). The van der Waals surface area contributed by atoms with E-state index >= 15 is 0 Å². The molecule has 2 N–H and O–H groups in total. The Hall–Kier alpha value is -2.29. The highest BCUT2D eigenvalue weighted by molar-refractivity contribution is 5.82. The number of hydrogen-bond donors (Lipinski definition) is 1. The third kappa shape index (κ3) is 1.97. The highest BCUT2D eigenvalue weighted by Gasteiger charge is 2.12. The summed E-state index contributed by atoms with van der Waals surface area (Å²) in [5, 5.41) is 0. The average molecular weight is 252 g/mol. The van der Waals surface area contributed by atoms with Crippen molar-refractivity contribution in [2.75, 3.05) is 5.73 Å². The predicted octanol–water partition coefficient (Wildman–Crippen LogP) is 4.00. The highest BCUT2D eigenvalue weighted by Crippen LogP contribution is 2.30. The van der Waals surface area contributed by atoms with Gasteiger partial charge in [-0.2, -0.15) is 0 Å². The Morgan fingerprint density at radius 1 is 1.00 bits per heavy atom. The van der Waals surface area contributed by atoms with Gasteiger partial charge < -0.3 is 10.2 Å². The van der Waals surface area contributed by atoms with Crippen LogP contribution in [0.2, 0.25) is 0 Å². The molecule has 0 bridgehead atoms. The summed E-state index contributed by atoms with van der Waals surface area (Å²) in [5.74, 6) is 0.654. The summed E-state index contributed by atoms with van der Waals surface area (Å²) in [6, 6.07) is 10.00. The number of fused-ring (bicyclic) bond motifs is 1. The molecule has 0 radical (unpaired) electrons. The van der Waals surface area contributed by atoms with Crippen molar-refractivity contribution >= 4 is 16.8 Å². The van der Waals surface area contributed by atoms with Crippen LogP contribution in [0.5, 0.6) is 0 Å². The minimum atomic E-state index is 0.654. The van der Waals surface area contributed by atoms with Crippen LogP contribution in [0, 0.1) is 20.8 Å². The van der Waals surface area contributed by atoms with Crippen LogP contribution in [0.25, 0.3) is 22.6 Å². The first-order valence-electron chi connectivity index (χ1n) is 6.29. The molecule has 0 aliphatic rings. The van der Waals surface area contributed by atoms with Gasteiger partial charge in [0.05, 0.1) is 0 Å². The van der Waals surface area contributed by atoms with E-state index in [0.29, 0.717) is 11.6 Å². The fourth-order valence-electron chi connectivity index (χ4n) is 2.40. The number of oxazole rings is 1. The second-order valence-electron chi connectivity index (χ2n) is 5.02. The zero-order chi connectivity index (χ0) is 13.6. The fourth-order valence-corrected chi connectivity index (χ4v) is 2.40. The normalized spacial score (nSPS) is 11.1. The number of nitrogens with zero attached hydrogens (tertiary/aromatic N) is 1. The van der Waals surface area contributed by atoms with E-state index in [0.717, 1.165) is 27.8 Å². The standard InChI is InChI=1S/C16H16N2O/c1-9-4-5-13(10(2)6-9)16-18-14-8-12(17)7-11(3)15(14)19-16/h4-8H,17H2,1-3H3. The fraction of sp³-hybridized carbons (Fsp3) is 0.188. The van der Waals surface area contributed by atoms with E-state index in [1.165, 1.54) is 5.56 Å². The lowest BCUT2D eigenvalue weighted by Crippen LogP contribution is -1.85. The first-order chi connectivity index (χ1) is 9.04. The van der Waals surface area contributed by atoms with Gasteiger partial charge in [0.15, 0.2) is 5.58 Å². The number of hydrogen-bond acceptors (Lipinski definition) is 3. The molecule has 3 heteroatoms. The summed E-state index contributed by atoms with van der Waals surface area (Å²) >= 11 is 0. The van der Waals surface area contributed by atoms with E-state index in [2.05, 4.69) is 31.0 Å². The maximum Gasteiger partial charge on any atom is 0.227 e. The van der Waals surface area contributed by atoms with Gasteiger partial charge in [0.1, 0.15) is 5.52 Å². The molecule has 3 aromatic rings. The number of anilines is 1. The van der Waals surface area contributed by atoms with Gasteiger partial charge in [-0.25, -0.2) is 4.98 Å². The molecular formula is C16H16N2O. The van der Waals surface area contributed by atoms with Crippen molar-refractivity contribution in [2.45, 2.75) is 20.8 Å². The van der Waals surface area contributed by atoms with Crippen molar-refractivity contribution in [3.05, 3.63) is 47.0 Å². The van der Waals surface area contributed by atoms with Crippen molar-refractivity contribution in [3.8, 4) is 11.5 Å². The molecule has 1 aromatic heterocycles. The molecule has 0 amide bonds. The van der Waals surface area contributed by atoms with Gasteiger partial charge in [-0.1, -0.05) is 17.7 Å². The average Bonchev–Trinajstić information content (AvgIpc) is 2.72. The van der Waals surface area contributed by atoms with Crippen molar-refractivity contribution < 1.29 is 4.42 Å². The Labute approximate surface area is 112 Å². The lowest BCUT2D eigenvalue weighted by atomic mass is 10.1. The largest absolute Gasteiger partial charge is 0.436 e. The number of aromatic nitrogens is 1. The van der Waals surface area contributed by atoms with Crippen LogP contribution in [0.4, 0.5) is 5.69 Å². The Kier molecular flexibility index (Phi) is 2.56. The Balaban J connectivity index is 2.23. The van der Waals surface area contributed by atoms with Crippen LogP contribution >= 0.6 is 0 Å². The van der Waals surface area contributed by atoms with E-state index < -0.39 is 0 Å². The second-order valence-corrected chi connectivity index (χ2v) is 5.02. The van der Waals surface area contributed by atoms with E-state index in [1.807, 2.05) is 25.1 Å². The predicted molar refractivity (Wildman–Crippen MR) is 78.1 cm³/mol. The molecule has 0 unspecified atom stereocenters. The number of benzene rings is 2. The molecule has 1 heterocycles. The van der Waals surface area contributed by atoms with Crippen molar-refractivity contribution in [3.63, 3.8) is 0 Å². The molecule has 0 aliphatic carbocycles. The van der Waals surface area contributed by atoms with Crippen molar-refractivity contribution in [2.24, 2.45) is 0 Å². The minimum absolute atomic E-state index is 0.654. The van der Waals surface area contributed by atoms with E-state index in [9.17, 15) is 0 Å². The van der Waals surface area contributed by atoms with Crippen LogP contribution in [0.1, 0.15) is 16.7 Å². The minimum Gasteiger partial charge on any atom is -0.436 e. The maximum absolute atomic E-state index is 5.89. The number of nitrogens with two attached hydrogens (primary N) is 1. The highest BCUT2D eigenvalue weighted by atomic mass is 16.3. The molecule has 2 aromatic carbocycles. The quantitative estimate of drug-likeness (QED) is 0.666. The van der Waals surface area contributed by atoms with Gasteiger partial charge in [0.2, 0.25) is 5.89 Å². The third-order valence-electron chi connectivity index (χ3n) is 3.31. The summed E-state index contributed by atoms with van der Waals surface area (Å²) in [4.78, 5) is 4.55. The molecule has 0 fully saturated rings. The van der Waals surface area contributed by atoms with Crippen LogP contribution in [-0.2, 0) is 0 Å². The van der Waals surface area contributed by atoms with Gasteiger partial charge in [-0.05, 0) is 50.1 Å². The molecule has 3 nitrogen and oxygen atoms in total. The summed E-state index contributed by atoms with van der Waals surface area (Å²) in [5.41, 5.74) is 12.6. The van der Waals surface area contributed by atoms with Crippen LogP contribution in [-0.4, -0.2) is 4.98 Å². The smallest absolute Gasteiger partial charge is 0.227 e. The van der Waals surface area contributed by atoms with Gasteiger partial charge >= 0.3 is 0 Å². The van der Waals surface area contributed by atoms with Crippen LogP contribution < -0.4 is 5.73 Å². The summed E-state index contributed by atoms with van der Waals surface area (Å²) in [6.45, 7) is 6.13. The summed E-state index contributed by atoms with van der Waals surface area (Å²) in [7, 11) is 0. The zero-order valence-corrected chi connectivity index (χ0v) is 11.3. The van der Waals surface area contributed by atoms with Crippen molar-refractivity contribution in [1.29, 1.82) is 0 Å². The molecule has 0 atom stereocenters. The lowest BCUT2D eigenvalue weighted by Gasteiger charge is -2.02. The molecule has 0 aliphatic heterocycles. The van der Waals surface area contributed by atoms with Gasteiger partial charge in [-0.3, -0.25) is 0 Å². The van der Waals surface area contributed by atoms with Gasteiger partial charge in [0, 0.05) is 11.3 Å². The lowest BCUT2D eigenvalue weighted by molar-refractivity contribution is 0.617. The second kappa shape index (κ2) is 4.12. The maximum atomic E-state index is 5.89. The van der Waals surface area contributed by atoms with E-state index in [1.54, 1.807) is 0 Å². The first kappa shape index (κ1) is 11.8. The summed E-state index contributed by atoms with van der Waals surface area (Å²) < 4.78 is 5.89. The first-order valence-corrected chi connectivity index (χ1v) is 6.29. The van der Waals surface area contributed by atoms with Crippen LogP contribution in [0.3, 0.4) is 0 Å². The number of rotatable bonds is 1.